The highest BCUT2D eigenvalue weighted by molar-refractivity contribution is 5.83. The summed E-state index contributed by atoms with van der Waals surface area (Å²) in [6, 6.07) is 0. The van der Waals surface area contributed by atoms with E-state index in [0.717, 1.165) is 25.9 Å². The van der Waals surface area contributed by atoms with E-state index >= 15 is 0 Å². The molecular weight excluding hydrogens is 232 g/mol. The van der Waals surface area contributed by atoms with E-state index in [0.29, 0.717) is 24.7 Å². The summed E-state index contributed by atoms with van der Waals surface area (Å²) in [5, 5.41) is 10.0. The van der Waals surface area contributed by atoms with E-state index in [9.17, 15) is 4.79 Å². The predicted octanol–water partition coefficient (Wildman–Crippen LogP) is 0.426. The van der Waals surface area contributed by atoms with Crippen LogP contribution in [0.15, 0.2) is 4.52 Å². The minimum atomic E-state index is -0.229. The number of hydrogen-bond acceptors (Lipinski definition) is 5. The second-order valence-electron chi connectivity index (χ2n) is 4.80. The number of carbonyl (C=O) groups excluding carboxylic acids is 1. The molecule has 2 rings (SSSR count). The Hall–Kier alpha value is -1.43. The lowest BCUT2D eigenvalue weighted by molar-refractivity contribution is -0.130. The van der Waals surface area contributed by atoms with E-state index in [1.54, 1.807) is 6.92 Å². The molecular formula is C12H20N4O2. The van der Waals surface area contributed by atoms with Crippen LogP contribution in [-0.2, 0) is 11.2 Å². The molecule has 1 fully saturated rings. The summed E-state index contributed by atoms with van der Waals surface area (Å²) in [7, 11) is 0. The molecule has 1 unspecified atom stereocenters. The lowest BCUT2D eigenvalue weighted by Crippen LogP contribution is -2.42. The van der Waals surface area contributed by atoms with Gasteiger partial charge in [0, 0.05) is 26.4 Å². The monoisotopic (exact) mass is 252 g/mol. The minimum absolute atomic E-state index is 0.134. The van der Waals surface area contributed by atoms with E-state index in [2.05, 4.69) is 27.7 Å². The number of carbonyl (C=O) groups is 1. The highest BCUT2D eigenvalue weighted by atomic mass is 16.5. The van der Waals surface area contributed by atoms with Crippen LogP contribution < -0.4 is 10.6 Å². The van der Waals surface area contributed by atoms with Gasteiger partial charge >= 0.3 is 0 Å². The maximum Gasteiger partial charge on any atom is 0.227 e. The second-order valence-corrected chi connectivity index (χ2v) is 4.80. The molecule has 0 aromatic carbocycles. The molecule has 1 saturated heterocycles. The van der Waals surface area contributed by atoms with Gasteiger partial charge in [0.15, 0.2) is 5.82 Å². The van der Waals surface area contributed by atoms with Crippen LogP contribution in [0.2, 0.25) is 0 Å². The third kappa shape index (κ3) is 2.69. The molecule has 1 aliphatic heterocycles. The van der Waals surface area contributed by atoms with Crippen molar-refractivity contribution in [2.45, 2.75) is 33.1 Å². The number of amides is 1. The first kappa shape index (κ1) is 13.0. The zero-order valence-corrected chi connectivity index (χ0v) is 11.0. The van der Waals surface area contributed by atoms with Crippen molar-refractivity contribution in [3.05, 3.63) is 11.7 Å². The number of hydrogen-bond donors (Lipinski definition) is 2. The third-order valence-corrected chi connectivity index (χ3v) is 3.61. The van der Waals surface area contributed by atoms with Gasteiger partial charge in [0.05, 0.1) is 5.41 Å². The molecule has 0 aliphatic carbocycles. The van der Waals surface area contributed by atoms with Crippen molar-refractivity contribution in [2.75, 3.05) is 19.6 Å². The number of aromatic nitrogens is 2. The van der Waals surface area contributed by atoms with Crippen LogP contribution in [0, 0.1) is 12.3 Å². The average Bonchev–Trinajstić information content (AvgIpc) is 2.99. The molecule has 6 nitrogen and oxygen atoms in total. The molecule has 0 radical (unpaired) electrons. The highest BCUT2D eigenvalue weighted by Crippen LogP contribution is 2.29. The van der Waals surface area contributed by atoms with Crippen molar-refractivity contribution in [3.63, 3.8) is 0 Å². The van der Waals surface area contributed by atoms with Gasteiger partial charge in [-0.25, -0.2) is 0 Å². The predicted molar refractivity (Wildman–Crippen MR) is 66.0 cm³/mol. The summed E-state index contributed by atoms with van der Waals surface area (Å²) in [5.41, 5.74) is -0.229. The molecule has 2 heterocycles. The highest BCUT2D eigenvalue weighted by Gasteiger charge is 2.39. The lowest BCUT2D eigenvalue weighted by Gasteiger charge is -2.25. The van der Waals surface area contributed by atoms with Gasteiger partial charge in [0.2, 0.25) is 11.8 Å². The van der Waals surface area contributed by atoms with Gasteiger partial charge in [-0.05, 0) is 19.4 Å². The fourth-order valence-corrected chi connectivity index (χ4v) is 2.32. The smallest absolute Gasteiger partial charge is 0.227 e. The summed E-state index contributed by atoms with van der Waals surface area (Å²) in [6.45, 7) is 6.07. The first-order valence-electron chi connectivity index (χ1n) is 6.44. The van der Waals surface area contributed by atoms with Gasteiger partial charge < -0.3 is 15.2 Å². The van der Waals surface area contributed by atoms with E-state index in [-0.39, 0.29) is 11.3 Å². The molecule has 1 aromatic rings. The van der Waals surface area contributed by atoms with Crippen LogP contribution in [0.3, 0.4) is 0 Å². The molecule has 6 heteroatoms. The van der Waals surface area contributed by atoms with Crippen molar-refractivity contribution in [2.24, 2.45) is 5.41 Å². The Balaban J connectivity index is 1.81. The van der Waals surface area contributed by atoms with Crippen LogP contribution in [0.25, 0.3) is 0 Å². The van der Waals surface area contributed by atoms with Crippen LogP contribution in [0.1, 0.15) is 31.5 Å². The molecule has 1 amide bonds. The molecule has 0 saturated carbocycles. The largest absolute Gasteiger partial charge is 0.355 e. The summed E-state index contributed by atoms with van der Waals surface area (Å²) in [4.78, 5) is 16.3. The number of aryl methyl sites for hydroxylation is 1. The van der Waals surface area contributed by atoms with E-state index in [4.69, 9.17) is 4.52 Å². The molecule has 0 spiro atoms. The van der Waals surface area contributed by atoms with Crippen molar-refractivity contribution >= 4 is 5.91 Å². The Labute approximate surface area is 107 Å². The second kappa shape index (κ2) is 5.48. The fraction of sp³-hybridized carbons (Fsp3) is 0.750. The molecule has 1 aromatic heterocycles. The average molecular weight is 252 g/mol. The maximum atomic E-state index is 12.2. The van der Waals surface area contributed by atoms with Gasteiger partial charge in [-0.15, -0.1) is 0 Å². The standard InChI is InChI=1S/C12H20N4O2/c1-3-12(5-7-13-8-12)11(17)14-6-4-10-15-9(2)18-16-10/h13H,3-8H2,1-2H3,(H,14,17). The quantitative estimate of drug-likeness (QED) is 0.794. The summed E-state index contributed by atoms with van der Waals surface area (Å²) in [5.74, 6) is 1.33. The SMILES string of the molecule is CCC1(C(=O)NCCc2noc(C)n2)CCNC1. The Bertz CT molecular complexity index is 410. The zero-order valence-electron chi connectivity index (χ0n) is 11.0. The number of nitrogens with zero attached hydrogens (tertiary/aromatic N) is 2. The lowest BCUT2D eigenvalue weighted by atomic mass is 9.83. The normalized spacial score (nSPS) is 23.2. The molecule has 1 aliphatic rings. The first-order chi connectivity index (χ1) is 8.66. The Morgan fingerprint density at radius 3 is 3.00 bits per heavy atom. The van der Waals surface area contributed by atoms with E-state index in [1.165, 1.54) is 0 Å². The molecule has 2 N–H and O–H groups in total. The fourth-order valence-electron chi connectivity index (χ4n) is 2.32. The molecule has 18 heavy (non-hydrogen) atoms. The van der Waals surface area contributed by atoms with Gasteiger partial charge in [0.1, 0.15) is 0 Å². The Kier molecular flexibility index (Phi) is 3.96. The summed E-state index contributed by atoms with van der Waals surface area (Å²) in [6.07, 6.45) is 2.39. The van der Waals surface area contributed by atoms with Crippen LogP contribution in [0.4, 0.5) is 0 Å². The van der Waals surface area contributed by atoms with Crippen molar-refractivity contribution in [1.29, 1.82) is 0 Å². The minimum Gasteiger partial charge on any atom is -0.355 e. The van der Waals surface area contributed by atoms with Crippen molar-refractivity contribution in [3.8, 4) is 0 Å². The maximum absolute atomic E-state index is 12.2. The van der Waals surface area contributed by atoms with E-state index < -0.39 is 0 Å². The Morgan fingerprint density at radius 2 is 2.44 bits per heavy atom. The van der Waals surface area contributed by atoms with E-state index in [1.807, 2.05) is 0 Å². The Morgan fingerprint density at radius 1 is 1.61 bits per heavy atom. The number of rotatable bonds is 5. The van der Waals surface area contributed by atoms with Gasteiger partial charge in [-0.2, -0.15) is 4.98 Å². The van der Waals surface area contributed by atoms with Crippen LogP contribution in [-0.4, -0.2) is 35.7 Å². The first-order valence-corrected chi connectivity index (χ1v) is 6.44. The molecule has 1 atom stereocenters. The topological polar surface area (TPSA) is 80.1 Å². The molecule has 0 bridgehead atoms. The van der Waals surface area contributed by atoms with Crippen molar-refractivity contribution < 1.29 is 9.32 Å². The zero-order chi connectivity index (χ0) is 13.0. The molecule has 100 valence electrons. The third-order valence-electron chi connectivity index (χ3n) is 3.61. The van der Waals surface area contributed by atoms with Gasteiger partial charge in [0.25, 0.3) is 0 Å². The van der Waals surface area contributed by atoms with Crippen molar-refractivity contribution in [1.82, 2.24) is 20.8 Å². The van der Waals surface area contributed by atoms with Crippen LogP contribution >= 0.6 is 0 Å². The van der Waals surface area contributed by atoms with Crippen LogP contribution in [0.5, 0.6) is 0 Å². The summed E-state index contributed by atoms with van der Waals surface area (Å²) >= 11 is 0. The number of nitrogens with one attached hydrogen (secondary N) is 2. The summed E-state index contributed by atoms with van der Waals surface area (Å²) < 4.78 is 4.88. The van der Waals surface area contributed by atoms with Gasteiger partial charge in [-0.1, -0.05) is 12.1 Å². The van der Waals surface area contributed by atoms with Gasteiger partial charge in [-0.3, -0.25) is 4.79 Å².